The van der Waals surface area contributed by atoms with Crippen molar-refractivity contribution >= 4 is 29.6 Å². The molecule has 120 valence electrons. The van der Waals surface area contributed by atoms with Crippen molar-refractivity contribution in [2.24, 2.45) is 5.10 Å². The Morgan fingerprint density at radius 2 is 2.33 bits per heavy atom. The van der Waals surface area contributed by atoms with E-state index in [-0.39, 0.29) is 6.04 Å². The molecule has 1 aliphatic heterocycles. The van der Waals surface area contributed by atoms with Gasteiger partial charge in [0.15, 0.2) is 6.21 Å². The lowest BCUT2D eigenvalue weighted by Crippen LogP contribution is -2.40. The van der Waals surface area contributed by atoms with Gasteiger partial charge in [0.05, 0.1) is 6.04 Å². The van der Waals surface area contributed by atoms with Gasteiger partial charge in [0, 0.05) is 10.9 Å². The Balaban J connectivity index is 2.45. The molecular weight excluding hydrogens is 288 g/mol. The number of hydrogen-bond acceptors (Lipinski definition) is 5. The number of amides is 1. The molecule has 0 fully saturated rings. The molecule has 0 aromatic carbocycles. The number of thioether (sulfide) groups is 1. The van der Waals surface area contributed by atoms with Gasteiger partial charge < -0.3 is 10.1 Å². The first-order chi connectivity index (χ1) is 9.90. The maximum Gasteiger partial charge on any atom is 0.408 e. The van der Waals surface area contributed by atoms with Gasteiger partial charge in [-0.15, -0.1) is 0 Å². The second-order valence-electron chi connectivity index (χ2n) is 5.94. The average Bonchev–Trinajstić information content (AvgIpc) is 2.86. The van der Waals surface area contributed by atoms with E-state index in [1.165, 1.54) is 0 Å². The maximum atomic E-state index is 11.8. The van der Waals surface area contributed by atoms with E-state index in [0.717, 1.165) is 31.6 Å². The number of carbonyl (C=O) groups is 1. The highest BCUT2D eigenvalue weighted by Crippen LogP contribution is 2.07. The fourth-order valence-corrected chi connectivity index (χ4v) is 2.42. The molecule has 1 rings (SSSR count). The van der Waals surface area contributed by atoms with Crippen molar-refractivity contribution in [2.75, 3.05) is 12.3 Å². The predicted octanol–water partition coefficient (Wildman–Crippen LogP) is 2.35. The smallest absolute Gasteiger partial charge is 0.408 e. The van der Waals surface area contributed by atoms with Gasteiger partial charge in [0.2, 0.25) is 0 Å². The topological polar surface area (TPSA) is 65.7 Å². The minimum atomic E-state index is -0.490. The average molecular weight is 315 g/mol. The summed E-state index contributed by atoms with van der Waals surface area (Å²) in [5, 5.41) is 7.04. The maximum absolute atomic E-state index is 11.8. The molecule has 6 nitrogen and oxygen atoms in total. The van der Waals surface area contributed by atoms with E-state index in [4.69, 9.17) is 4.74 Å². The SMILES string of the molecule is CCCC[C@@H](/C=N/N[N+]1=CSCC1)NC(=O)OC(C)(C)C. The standard InChI is InChI=1S/C14H26N4O2S/c1-5-6-7-12(16-13(19)20-14(2,3)4)10-15-17-18-8-9-21-11-18/h10-12,17H,5-9H2,1-4H3/p+1/b15-10+/t12-/m0/s1. The van der Waals surface area contributed by atoms with E-state index in [1.807, 2.05) is 31.0 Å². The van der Waals surface area contributed by atoms with Gasteiger partial charge in [-0.2, -0.15) is 4.68 Å². The number of nitrogens with zero attached hydrogens (tertiary/aromatic N) is 2. The van der Waals surface area contributed by atoms with Gasteiger partial charge in [0.25, 0.3) is 0 Å². The predicted molar refractivity (Wildman–Crippen MR) is 88.0 cm³/mol. The number of alkyl carbamates (subject to hydrolysis) is 1. The highest BCUT2D eigenvalue weighted by atomic mass is 32.2. The summed E-state index contributed by atoms with van der Waals surface area (Å²) in [6, 6.07) is -0.123. The molecule has 0 bridgehead atoms. The van der Waals surface area contributed by atoms with Crippen molar-refractivity contribution in [3.05, 3.63) is 0 Å². The second kappa shape index (κ2) is 8.92. The number of unbranched alkanes of at least 4 members (excludes halogenated alkanes) is 1. The van der Waals surface area contributed by atoms with Crippen LogP contribution in [0, 0.1) is 0 Å². The Morgan fingerprint density at radius 3 is 2.90 bits per heavy atom. The molecule has 1 heterocycles. The van der Waals surface area contributed by atoms with Crippen LogP contribution >= 0.6 is 11.8 Å². The number of carbonyl (C=O) groups excluding carboxylic acids is 1. The highest BCUT2D eigenvalue weighted by molar-refractivity contribution is 8.12. The Kier molecular flexibility index (Phi) is 7.56. The zero-order valence-corrected chi connectivity index (χ0v) is 14.2. The van der Waals surface area contributed by atoms with Crippen molar-refractivity contribution in [3.8, 4) is 0 Å². The van der Waals surface area contributed by atoms with Crippen LogP contribution in [0.1, 0.15) is 47.0 Å². The summed E-state index contributed by atoms with van der Waals surface area (Å²) >= 11 is 1.75. The summed E-state index contributed by atoms with van der Waals surface area (Å²) in [6.07, 6.45) is 4.27. The summed E-state index contributed by atoms with van der Waals surface area (Å²) in [4.78, 5) is 11.8. The third-order valence-electron chi connectivity index (χ3n) is 2.66. The molecule has 7 heteroatoms. The number of ether oxygens (including phenoxy) is 1. The highest BCUT2D eigenvalue weighted by Gasteiger charge is 2.19. The van der Waals surface area contributed by atoms with Crippen LogP contribution < -0.4 is 10.9 Å². The summed E-state index contributed by atoms with van der Waals surface area (Å²) in [7, 11) is 0. The van der Waals surface area contributed by atoms with Crippen LogP contribution in [-0.4, -0.2) is 46.5 Å². The van der Waals surface area contributed by atoms with Crippen molar-refractivity contribution in [1.29, 1.82) is 0 Å². The molecule has 0 aromatic rings. The van der Waals surface area contributed by atoms with Gasteiger partial charge in [-0.1, -0.05) is 37.1 Å². The summed E-state index contributed by atoms with van der Waals surface area (Å²) in [5.74, 6) is 1.07. The third kappa shape index (κ3) is 8.60. The van der Waals surface area contributed by atoms with Crippen molar-refractivity contribution < 1.29 is 14.2 Å². The lowest BCUT2D eigenvalue weighted by atomic mass is 10.1. The van der Waals surface area contributed by atoms with Crippen LogP contribution in [0.5, 0.6) is 0 Å². The molecule has 1 atom stereocenters. The Hall–Kier alpha value is -1.24. The molecule has 0 aliphatic carbocycles. The van der Waals surface area contributed by atoms with E-state index in [2.05, 4.69) is 22.9 Å². The third-order valence-corrected chi connectivity index (χ3v) is 3.49. The van der Waals surface area contributed by atoms with Gasteiger partial charge in [0.1, 0.15) is 17.7 Å². The fourth-order valence-electron chi connectivity index (χ4n) is 1.68. The number of rotatable bonds is 7. The molecule has 2 N–H and O–H groups in total. The lowest BCUT2D eigenvalue weighted by Gasteiger charge is -2.21. The van der Waals surface area contributed by atoms with Crippen LogP contribution in [0.25, 0.3) is 0 Å². The molecule has 0 unspecified atom stereocenters. The van der Waals surface area contributed by atoms with Crippen molar-refractivity contribution in [2.45, 2.75) is 58.6 Å². The van der Waals surface area contributed by atoms with Gasteiger partial charge in [-0.25, -0.2) is 4.79 Å². The van der Waals surface area contributed by atoms with E-state index in [1.54, 1.807) is 18.0 Å². The van der Waals surface area contributed by atoms with E-state index in [0.29, 0.717) is 0 Å². The summed E-state index contributed by atoms with van der Waals surface area (Å²) in [6.45, 7) is 8.61. The normalized spacial score (nSPS) is 16.7. The van der Waals surface area contributed by atoms with Crippen LogP contribution in [0.2, 0.25) is 0 Å². The van der Waals surface area contributed by atoms with Crippen LogP contribution in [-0.2, 0) is 4.74 Å². The van der Waals surface area contributed by atoms with E-state index < -0.39 is 11.7 Å². The van der Waals surface area contributed by atoms with Gasteiger partial charge in [-0.05, 0) is 27.2 Å². The fraction of sp³-hybridized carbons (Fsp3) is 0.786. The molecule has 1 aliphatic rings. The molecular formula is C14H27N4O2S+. The Morgan fingerprint density at radius 1 is 1.57 bits per heavy atom. The molecule has 0 radical (unpaired) electrons. The molecule has 0 aromatic heterocycles. The molecule has 0 saturated heterocycles. The van der Waals surface area contributed by atoms with E-state index in [9.17, 15) is 4.79 Å². The summed E-state index contributed by atoms with van der Waals surface area (Å²) in [5.41, 5.74) is 4.45. The molecule has 21 heavy (non-hydrogen) atoms. The number of hydrazone groups is 2. The number of nitrogens with one attached hydrogen (secondary N) is 2. The van der Waals surface area contributed by atoms with Crippen LogP contribution in [0.15, 0.2) is 5.10 Å². The Bertz CT molecular complexity index is 391. The van der Waals surface area contributed by atoms with Crippen molar-refractivity contribution in [1.82, 2.24) is 10.9 Å². The van der Waals surface area contributed by atoms with Gasteiger partial charge >= 0.3 is 6.09 Å². The monoisotopic (exact) mass is 315 g/mol. The first-order valence-corrected chi connectivity index (χ1v) is 8.45. The van der Waals surface area contributed by atoms with Gasteiger partial charge in [-0.3, -0.25) is 0 Å². The summed E-state index contributed by atoms with van der Waals surface area (Å²) < 4.78 is 7.20. The second-order valence-corrected chi connectivity index (χ2v) is 6.90. The largest absolute Gasteiger partial charge is 0.444 e. The zero-order valence-electron chi connectivity index (χ0n) is 13.4. The lowest BCUT2D eigenvalue weighted by molar-refractivity contribution is -0.575. The van der Waals surface area contributed by atoms with Crippen LogP contribution in [0.3, 0.4) is 0 Å². The number of hydrazine groups is 1. The molecule has 0 saturated carbocycles. The number of hydrogen-bond donors (Lipinski definition) is 2. The van der Waals surface area contributed by atoms with E-state index >= 15 is 0 Å². The molecule has 1 amide bonds. The minimum absolute atomic E-state index is 0.123. The molecule has 0 spiro atoms. The van der Waals surface area contributed by atoms with Crippen LogP contribution in [0.4, 0.5) is 4.79 Å². The first-order valence-electron chi connectivity index (χ1n) is 7.40. The van der Waals surface area contributed by atoms with Crippen molar-refractivity contribution in [3.63, 3.8) is 0 Å². The quantitative estimate of drug-likeness (QED) is 0.430. The Labute approximate surface area is 131 Å². The first kappa shape index (κ1) is 17.8. The minimum Gasteiger partial charge on any atom is -0.444 e. The zero-order chi connectivity index (χ0) is 15.7.